The van der Waals surface area contributed by atoms with Crippen LogP contribution in [0.5, 0.6) is 0 Å². The third-order valence-electron chi connectivity index (χ3n) is 3.45. The molecule has 1 aliphatic rings. The van der Waals surface area contributed by atoms with E-state index in [0.29, 0.717) is 23.7 Å². The Balaban J connectivity index is 2.03. The third kappa shape index (κ3) is 3.51. The summed E-state index contributed by atoms with van der Waals surface area (Å²) >= 11 is 9.32. The van der Waals surface area contributed by atoms with Gasteiger partial charge in [-0.1, -0.05) is 27.5 Å². The molecule has 6 heteroatoms. The Kier molecular flexibility index (Phi) is 5.03. The van der Waals surface area contributed by atoms with Crippen LogP contribution in [0.25, 0.3) is 0 Å². The molecule has 1 heterocycles. The number of piperazine rings is 1. The minimum Gasteiger partial charge on any atom is -0.336 e. The molecular formula is C14H15BrClN3O. The first-order valence-electron chi connectivity index (χ1n) is 6.40. The lowest BCUT2D eigenvalue weighted by molar-refractivity contribution is 0.0615. The summed E-state index contributed by atoms with van der Waals surface area (Å²) in [5, 5.41) is 9.45. The highest BCUT2D eigenvalue weighted by Crippen LogP contribution is 2.21. The molecule has 2 rings (SSSR count). The van der Waals surface area contributed by atoms with E-state index in [4.69, 9.17) is 16.9 Å². The van der Waals surface area contributed by atoms with Crippen molar-refractivity contribution in [2.75, 3.05) is 26.2 Å². The van der Waals surface area contributed by atoms with Gasteiger partial charge in [0.25, 0.3) is 5.91 Å². The van der Waals surface area contributed by atoms with Crippen molar-refractivity contribution in [2.24, 2.45) is 0 Å². The summed E-state index contributed by atoms with van der Waals surface area (Å²) in [4.78, 5) is 16.3. The van der Waals surface area contributed by atoms with Gasteiger partial charge in [0.05, 0.1) is 12.1 Å². The summed E-state index contributed by atoms with van der Waals surface area (Å²) in [5.74, 6) is -0.0162. The zero-order valence-corrected chi connectivity index (χ0v) is 13.5. The minimum atomic E-state index is -0.104. The molecule has 106 valence electrons. The fraction of sp³-hybridized carbons (Fsp3) is 0.429. The first-order valence-corrected chi connectivity index (χ1v) is 7.57. The molecule has 1 unspecified atom stereocenters. The zero-order chi connectivity index (χ0) is 14.7. The SMILES string of the molecule is CC(C#N)N1CCN(C(=O)c2cc(Cl)cc(Br)c2)CC1. The van der Waals surface area contributed by atoms with Gasteiger partial charge >= 0.3 is 0 Å². The van der Waals surface area contributed by atoms with Crippen molar-refractivity contribution < 1.29 is 4.79 Å². The highest BCUT2D eigenvalue weighted by Gasteiger charge is 2.24. The molecule has 4 nitrogen and oxygen atoms in total. The summed E-state index contributed by atoms with van der Waals surface area (Å²) < 4.78 is 0.796. The number of carbonyl (C=O) groups excluding carboxylic acids is 1. The number of rotatable bonds is 2. The molecule has 0 aliphatic carbocycles. The van der Waals surface area contributed by atoms with Gasteiger partial charge in [0.2, 0.25) is 0 Å². The second kappa shape index (κ2) is 6.57. The number of carbonyl (C=O) groups is 1. The normalized spacial score (nSPS) is 17.6. The molecule has 1 atom stereocenters. The molecule has 0 N–H and O–H groups in total. The predicted octanol–water partition coefficient (Wildman–Crippen LogP) is 2.77. The molecule has 1 aromatic carbocycles. The van der Waals surface area contributed by atoms with Crippen LogP contribution in [0.15, 0.2) is 22.7 Å². The Labute approximate surface area is 132 Å². The lowest BCUT2D eigenvalue weighted by atomic mass is 10.1. The van der Waals surface area contributed by atoms with Crippen LogP contribution >= 0.6 is 27.5 Å². The van der Waals surface area contributed by atoms with Crippen molar-refractivity contribution in [3.05, 3.63) is 33.3 Å². The number of amides is 1. The monoisotopic (exact) mass is 355 g/mol. The third-order valence-corrected chi connectivity index (χ3v) is 4.12. The van der Waals surface area contributed by atoms with E-state index in [0.717, 1.165) is 17.6 Å². The first kappa shape index (κ1) is 15.3. The van der Waals surface area contributed by atoms with Crippen molar-refractivity contribution in [3.63, 3.8) is 0 Å². The Bertz CT molecular complexity index is 530. The van der Waals surface area contributed by atoms with Crippen LogP contribution in [0.1, 0.15) is 17.3 Å². The van der Waals surface area contributed by atoms with Crippen LogP contribution in [0, 0.1) is 11.3 Å². The van der Waals surface area contributed by atoms with Crippen molar-refractivity contribution >= 4 is 33.4 Å². The molecule has 20 heavy (non-hydrogen) atoms. The maximum atomic E-state index is 12.4. The van der Waals surface area contributed by atoms with Gasteiger partial charge in [0, 0.05) is 41.2 Å². The van der Waals surface area contributed by atoms with Crippen LogP contribution in [0.2, 0.25) is 5.02 Å². The Hall–Kier alpha value is -1.09. The van der Waals surface area contributed by atoms with E-state index >= 15 is 0 Å². The van der Waals surface area contributed by atoms with Crippen LogP contribution in [0.4, 0.5) is 0 Å². The van der Waals surface area contributed by atoms with Crippen LogP contribution in [-0.2, 0) is 0 Å². The van der Waals surface area contributed by atoms with E-state index in [1.54, 1.807) is 23.1 Å². The van der Waals surface area contributed by atoms with Crippen LogP contribution < -0.4 is 0 Å². The van der Waals surface area contributed by atoms with Gasteiger partial charge in [-0.25, -0.2) is 0 Å². The summed E-state index contributed by atoms with van der Waals surface area (Å²) in [6.07, 6.45) is 0. The first-order chi connectivity index (χ1) is 9.51. The van der Waals surface area contributed by atoms with Crippen molar-refractivity contribution in [2.45, 2.75) is 13.0 Å². The topological polar surface area (TPSA) is 47.3 Å². The van der Waals surface area contributed by atoms with Crippen LogP contribution in [0.3, 0.4) is 0 Å². The fourth-order valence-corrected chi connectivity index (χ4v) is 3.11. The molecule has 1 aliphatic heterocycles. The Morgan fingerprint density at radius 3 is 2.55 bits per heavy atom. The maximum absolute atomic E-state index is 12.4. The highest BCUT2D eigenvalue weighted by atomic mass is 79.9. The van der Waals surface area contributed by atoms with E-state index < -0.39 is 0 Å². The number of halogens is 2. The van der Waals surface area contributed by atoms with E-state index in [1.807, 2.05) is 6.92 Å². The maximum Gasteiger partial charge on any atom is 0.254 e. The number of hydrogen-bond acceptors (Lipinski definition) is 3. The predicted molar refractivity (Wildman–Crippen MR) is 81.7 cm³/mol. The fourth-order valence-electron chi connectivity index (χ4n) is 2.25. The second-order valence-electron chi connectivity index (χ2n) is 4.79. The smallest absolute Gasteiger partial charge is 0.254 e. The largest absolute Gasteiger partial charge is 0.336 e. The molecule has 1 aromatic rings. The number of hydrogen-bond donors (Lipinski definition) is 0. The Morgan fingerprint density at radius 2 is 2.00 bits per heavy atom. The zero-order valence-electron chi connectivity index (χ0n) is 11.1. The number of nitriles is 1. The number of nitrogens with zero attached hydrogens (tertiary/aromatic N) is 3. The van der Waals surface area contributed by atoms with Gasteiger partial charge in [-0.3, -0.25) is 9.69 Å². The molecule has 0 radical (unpaired) electrons. The van der Waals surface area contributed by atoms with Crippen molar-refractivity contribution in [1.82, 2.24) is 9.80 Å². The van der Waals surface area contributed by atoms with Gasteiger partial charge in [0.1, 0.15) is 0 Å². The van der Waals surface area contributed by atoms with Crippen molar-refractivity contribution in [3.8, 4) is 6.07 Å². The lowest BCUT2D eigenvalue weighted by Crippen LogP contribution is -2.51. The molecule has 0 saturated carbocycles. The van der Waals surface area contributed by atoms with Gasteiger partial charge in [-0.2, -0.15) is 5.26 Å². The summed E-state index contributed by atoms with van der Waals surface area (Å²) in [6.45, 7) is 4.60. The van der Waals surface area contributed by atoms with E-state index in [1.165, 1.54) is 0 Å². The summed E-state index contributed by atoms with van der Waals surface area (Å²) in [6, 6.07) is 7.33. The van der Waals surface area contributed by atoms with E-state index in [9.17, 15) is 4.79 Å². The van der Waals surface area contributed by atoms with Gasteiger partial charge in [-0.15, -0.1) is 0 Å². The minimum absolute atomic E-state index is 0.0162. The standard InChI is InChI=1S/C14H15BrClN3O/c1-10(9-17)18-2-4-19(5-3-18)14(20)11-6-12(15)8-13(16)7-11/h6-8,10H,2-5H2,1H3. The second-order valence-corrected chi connectivity index (χ2v) is 6.14. The molecule has 0 bridgehead atoms. The summed E-state index contributed by atoms with van der Waals surface area (Å²) in [5.41, 5.74) is 0.589. The molecule has 0 spiro atoms. The quantitative estimate of drug-likeness (QED) is 0.818. The number of benzene rings is 1. The van der Waals surface area contributed by atoms with Gasteiger partial charge < -0.3 is 4.90 Å². The highest BCUT2D eigenvalue weighted by molar-refractivity contribution is 9.10. The van der Waals surface area contributed by atoms with Crippen LogP contribution in [-0.4, -0.2) is 47.9 Å². The summed E-state index contributed by atoms with van der Waals surface area (Å²) in [7, 11) is 0. The average Bonchev–Trinajstić information content (AvgIpc) is 2.45. The average molecular weight is 357 g/mol. The molecule has 1 saturated heterocycles. The van der Waals surface area contributed by atoms with Gasteiger partial charge in [0.15, 0.2) is 0 Å². The molecule has 0 aromatic heterocycles. The Morgan fingerprint density at radius 1 is 1.35 bits per heavy atom. The van der Waals surface area contributed by atoms with E-state index in [2.05, 4.69) is 26.9 Å². The molecule has 1 amide bonds. The molecular weight excluding hydrogens is 342 g/mol. The van der Waals surface area contributed by atoms with Crippen molar-refractivity contribution in [1.29, 1.82) is 5.26 Å². The molecule has 1 fully saturated rings. The lowest BCUT2D eigenvalue weighted by Gasteiger charge is -2.35. The van der Waals surface area contributed by atoms with Gasteiger partial charge in [-0.05, 0) is 25.1 Å². The van der Waals surface area contributed by atoms with E-state index in [-0.39, 0.29) is 11.9 Å².